The first kappa shape index (κ1) is 17.7. The van der Waals surface area contributed by atoms with Crippen molar-refractivity contribution in [2.75, 3.05) is 12.4 Å². The number of hydrogen-bond donors (Lipinski definition) is 3. The molecule has 0 saturated heterocycles. The molecule has 0 bridgehead atoms. The average Bonchev–Trinajstić information content (AvgIpc) is 2.54. The summed E-state index contributed by atoms with van der Waals surface area (Å²) in [7, 11) is 1.44. The second-order valence-corrected chi connectivity index (χ2v) is 5.51. The lowest BCUT2D eigenvalue weighted by molar-refractivity contribution is 0.0972. The molecule has 0 atom stereocenters. The van der Waals surface area contributed by atoms with Gasteiger partial charge in [0.05, 0.1) is 23.9 Å². The fraction of sp³-hybridized carbons (Fsp3) is 0.0625. The Morgan fingerprint density at radius 2 is 1.88 bits per heavy atom. The number of methoxy groups -OCH3 is 1. The van der Waals surface area contributed by atoms with Gasteiger partial charge < -0.3 is 15.8 Å². The maximum atomic E-state index is 12.3. The second kappa shape index (κ2) is 7.76. The predicted molar refractivity (Wildman–Crippen MR) is 96.7 cm³/mol. The van der Waals surface area contributed by atoms with E-state index in [0.717, 1.165) is 0 Å². The van der Waals surface area contributed by atoms with Crippen molar-refractivity contribution in [3.05, 3.63) is 58.6 Å². The van der Waals surface area contributed by atoms with Crippen LogP contribution in [0.4, 0.5) is 5.69 Å². The van der Waals surface area contributed by atoms with E-state index in [1.165, 1.54) is 13.2 Å². The van der Waals surface area contributed by atoms with Crippen molar-refractivity contribution in [1.82, 2.24) is 5.32 Å². The second-order valence-electron chi connectivity index (χ2n) is 4.66. The van der Waals surface area contributed by atoms with Gasteiger partial charge in [0.2, 0.25) is 0 Å². The molecular weight excluding hydrogens is 350 g/mol. The van der Waals surface area contributed by atoms with Crippen LogP contribution in [0.5, 0.6) is 5.75 Å². The minimum atomic E-state index is -0.608. The van der Waals surface area contributed by atoms with Crippen molar-refractivity contribution < 1.29 is 14.3 Å². The Bertz CT molecular complexity index is 811. The number of halogens is 1. The zero-order valence-corrected chi connectivity index (χ0v) is 14.2. The van der Waals surface area contributed by atoms with Gasteiger partial charge in [-0.3, -0.25) is 14.9 Å². The number of carbonyl (C=O) groups excluding carboxylic acids is 2. The molecule has 0 saturated carbocycles. The fourth-order valence-corrected chi connectivity index (χ4v) is 2.36. The normalized spacial score (nSPS) is 9.92. The third-order valence-electron chi connectivity index (χ3n) is 3.07. The Labute approximate surface area is 148 Å². The summed E-state index contributed by atoms with van der Waals surface area (Å²) in [5.74, 6) is -0.746. The highest BCUT2D eigenvalue weighted by Crippen LogP contribution is 2.22. The van der Waals surface area contributed by atoms with Gasteiger partial charge in [0.25, 0.3) is 11.8 Å². The summed E-state index contributed by atoms with van der Waals surface area (Å²) < 4.78 is 5.13. The lowest BCUT2D eigenvalue weighted by Gasteiger charge is -2.13. The van der Waals surface area contributed by atoms with Gasteiger partial charge in [-0.2, -0.15) is 0 Å². The number of nitrogens with one attached hydrogen (secondary N) is 2. The maximum Gasteiger partial charge on any atom is 0.261 e. The first-order valence-corrected chi connectivity index (χ1v) is 7.55. The van der Waals surface area contributed by atoms with Crippen molar-refractivity contribution in [1.29, 1.82) is 0 Å². The fourth-order valence-electron chi connectivity index (χ4n) is 1.99. The number of para-hydroxylation sites is 1. The molecule has 0 unspecified atom stereocenters. The van der Waals surface area contributed by atoms with Crippen molar-refractivity contribution in [3.8, 4) is 5.75 Å². The largest absolute Gasteiger partial charge is 0.496 e. The van der Waals surface area contributed by atoms with Gasteiger partial charge in [-0.05, 0) is 42.5 Å². The number of primary amides is 1. The Morgan fingerprint density at radius 1 is 1.17 bits per heavy atom. The summed E-state index contributed by atoms with van der Waals surface area (Å²) in [5, 5.41) is 5.67. The van der Waals surface area contributed by atoms with Gasteiger partial charge >= 0.3 is 0 Å². The van der Waals surface area contributed by atoms with Crippen LogP contribution in [0.1, 0.15) is 20.7 Å². The third-order valence-corrected chi connectivity index (χ3v) is 3.51. The molecule has 0 aliphatic rings. The molecule has 0 aromatic heterocycles. The molecule has 124 valence electrons. The third kappa shape index (κ3) is 4.21. The van der Waals surface area contributed by atoms with E-state index in [-0.39, 0.29) is 16.2 Å². The Balaban J connectivity index is 2.15. The number of hydrogen-bond acceptors (Lipinski definition) is 4. The minimum absolute atomic E-state index is 0.00993. The van der Waals surface area contributed by atoms with Crippen LogP contribution in [0.25, 0.3) is 0 Å². The van der Waals surface area contributed by atoms with E-state index in [1.807, 2.05) is 0 Å². The first-order chi connectivity index (χ1) is 11.4. The van der Waals surface area contributed by atoms with Crippen molar-refractivity contribution in [2.24, 2.45) is 5.73 Å². The molecule has 0 heterocycles. The Kier molecular flexibility index (Phi) is 5.73. The number of ether oxygens (including phenoxy) is 1. The van der Waals surface area contributed by atoms with Gasteiger partial charge in [0, 0.05) is 5.02 Å². The van der Waals surface area contributed by atoms with E-state index in [4.69, 9.17) is 34.3 Å². The smallest absolute Gasteiger partial charge is 0.261 e. The van der Waals surface area contributed by atoms with Crippen molar-refractivity contribution >= 4 is 46.4 Å². The van der Waals surface area contributed by atoms with Crippen LogP contribution in [0.3, 0.4) is 0 Å². The van der Waals surface area contributed by atoms with E-state index in [0.29, 0.717) is 16.5 Å². The molecule has 2 aromatic rings. The van der Waals surface area contributed by atoms with E-state index >= 15 is 0 Å². The number of carbonyl (C=O) groups is 2. The minimum Gasteiger partial charge on any atom is -0.496 e. The molecule has 2 rings (SSSR count). The summed E-state index contributed by atoms with van der Waals surface area (Å²) in [6, 6.07) is 11.2. The highest BCUT2D eigenvalue weighted by Gasteiger charge is 2.15. The molecule has 2 amide bonds. The van der Waals surface area contributed by atoms with Crippen molar-refractivity contribution in [3.63, 3.8) is 0 Å². The molecular formula is C16H14ClN3O3S. The summed E-state index contributed by atoms with van der Waals surface area (Å²) in [5.41, 5.74) is 6.19. The van der Waals surface area contributed by atoms with Gasteiger partial charge in [-0.15, -0.1) is 0 Å². The molecule has 24 heavy (non-hydrogen) atoms. The number of rotatable bonds is 4. The van der Waals surface area contributed by atoms with Crippen LogP contribution in [0.15, 0.2) is 42.5 Å². The molecule has 6 nitrogen and oxygen atoms in total. The number of thiocarbonyl (C=S) groups is 1. The lowest BCUT2D eigenvalue weighted by atomic mass is 10.1. The van der Waals surface area contributed by atoms with E-state index in [2.05, 4.69) is 10.6 Å². The number of amides is 2. The highest BCUT2D eigenvalue weighted by molar-refractivity contribution is 7.80. The summed E-state index contributed by atoms with van der Waals surface area (Å²) in [6.45, 7) is 0. The van der Waals surface area contributed by atoms with Crippen LogP contribution in [0, 0.1) is 0 Å². The molecule has 8 heteroatoms. The maximum absolute atomic E-state index is 12.3. The summed E-state index contributed by atoms with van der Waals surface area (Å²) in [4.78, 5) is 23.7. The van der Waals surface area contributed by atoms with Gasteiger partial charge in [0.1, 0.15) is 5.75 Å². The van der Waals surface area contributed by atoms with E-state index in [9.17, 15) is 9.59 Å². The van der Waals surface area contributed by atoms with E-state index < -0.39 is 11.8 Å². The number of anilines is 1. The van der Waals surface area contributed by atoms with Gasteiger partial charge in [-0.1, -0.05) is 23.7 Å². The zero-order valence-electron chi connectivity index (χ0n) is 12.6. The number of benzene rings is 2. The Hall–Kier alpha value is -2.64. The summed E-state index contributed by atoms with van der Waals surface area (Å²) >= 11 is 11.0. The Morgan fingerprint density at radius 3 is 2.54 bits per heavy atom. The topological polar surface area (TPSA) is 93.4 Å². The standard InChI is InChI=1S/C16H14ClN3O3S/c1-23-13-7-6-9(17)8-11(13)15(22)20-16(24)19-12-5-3-2-4-10(12)14(18)21/h2-8H,1H3,(H2,18,21)(H2,19,20,22,24). The molecule has 0 aliphatic carbocycles. The van der Waals surface area contributed by atoms with Crippen LogP contribution >= 0.6 is 23.8 Å². The van der Waals surface area contributed by atoms with E-state index in [1.54, 1.807) is 36.4 Å². The monoisotopic (exact) mass is 363 g/mol. The summed E-state index contributed by atoms with van der Waals surface area (Å²) in [6.07, 6.45) is 0. The first-order valence-electron chi connectivity index (χ1n) is 6.77. The molecule has 0 fully saturated rings. The molecule has 0 spiro atoms. The highest BCUT2D eigenvalue weighted by atomic mass is 35.5. The lowest BCUT2D eigenvalue weighted by Crippen LogP contribution is -2.35. The van der Waals surface area contributed by atoms with Crippen LogP contribution in [-0.4, -0.2) is 24.0 Å². The van der Waals surface area contributed by atoms with Crippen LogP contribution in [0.2, 0.25) is 5.02 Å². The predicted octanol–water partition coefficient (Wildman–Crippen LogP) is 2.57. The quantitative estimate of drug-likeness (QED) is 0.726. The molecule has 0 aliphatic heterocycles. The molecule has 4 N–H and O–H groups in total. The van der Waals surface area contributed by atoms with Gasteiger partial charge in [-0.25, -0.2) is 0 Å². The van der Waals surface area contributed by atoms with Crippen LogP contribution < -0.4 is 21.1 Å². The van der Waals surface area contributed by atoms with Gasteiger partial charge in [0.15, 0.2) is 5.11 Å². The number of nitrogens with two attached hydrogens (primary N) is 1. The molecule has 0 radical (unpaired) electrons. The van der Waals surface area contributed by atoms with Crippen molar-refractivity contribution in [2.45, 2.75) is 0 Å². The zero-order chi connectivity index (χ0) is 17.7. The SMILES string of the molecule is COc1ccc(Cl)cc1C(=O)NC(=S)Nc1ccccc1C(N)=O. The average molecular weight is 364 g/mol. The van der Waals surface area contributed by atoms with Crippen LogP contribution in [-0.2, 0) is 0 Å². The molecule has 2 aromatic carbocycles.